The van der Waals surface area contributed by atoms with Crippen molar-refractivity contribution in [1.82, 2.24) is 39.2 Å². The first-order chi connectivity index (χ1) is 18.2. The molecule has 6 aromatic rings. The Balaban J connectivity index is 0.976. The molecule has 0 saturated heterocycles. The monoisotopic (exact) mass is 490 g/mol. The highest BCUT2D eigenvalue weighted by Gasteiger charge is 2.55. The van der Waals surface area contributed by atoms with Gasteiger partial charge < -0.3 is 18.7 Å². The van der Waals surface area contributed by atoms with Crippen LogP contribution in [0.25, 0.3) is 33.7 Å². The zero-order valence-electron chi connectivity index (χ0n) is 20.3. The number of nitrogens with zero attached hydrogens (tertiary/aromatic N) is 7. The van der Waals surface area contributed by atoms with Gasteiger partial charge in [-0.2, -0.15) is 0 Å². The second-order valence-corrected chi connectivity index (χ2v) is 10.7. The lowest BCUT2D eigenvalue weighted by Gasteiger charge is -2.62. The van der Waals surface area contributed by atoms with Gasteiger partial charge in [0.1, 0.15) is 11.3 Å². The Bertz CT molecular complexity index is 1740. The van der Waals surface area contributed by atoms with E-state index in [2.05, 4.69) is 60.2 Å². The molecule has 37 heavy (non-hydrogen) atoms. The second kappa shape index (κ2) is 7.88. The fourth-order valence-corrected chi connectivity index (χ4v) is 6.08. The number of nitrogens with one attached hydrogen (secondary N) is 1. The Kier molecular flexibility index (Phi) is 4.45. The maximum Gasteiger partial charge on any atom is 0.152 e. The van der Waals surface area contributed by atoms with Crippen molar-refractivity contribution < 1.29 is 4.42 Å². The molecule has 0 aliphatic heterocycles. The molecule has 9 heteroatoms. The van der Waals surface area contributed by atoms with Gasteiger partial charge in [-0.3, -0.25) is 4.98 Å². The topological polar surface area (TPSA) is 91.0 Å². The van der Waals surface area contributed by atoms with Crippen molar-refractivity contribution in [3.05, 3.63) is 85.0 Å². The van der Waals surface area contributed by atoms with Crippen LogP contribution in [0.15, 0.2) is 78.2 Å². The maximum atomic E-state index is 5.48. The van der Waals surface area contributed by atoms with Crippen LogP contribution in [0, 0.1) is 11.3 Å². The van der Waals surface area contributed by atoms with Gasteiger partial charge >= 0.3 is 0 Å². The number of aromatic nitrogens is 7. The molecule has 3 aliphatic carbocycles. The Morgan fingerprint density at radius 2 is 2.00 bits per heavy atom. The molecule has 0 radical (unpaired) electrons. The molecule has 9 nitrogen and oxygen atoms in total. The molecule has 0 amide bonds. The van der Waals surface area contributed by atoms with E-state index in [0.29, 0.717) is 12.0 Å². The normalized spacial score (nSPS) is 20.4. The summed E-state index contributed by atoms with van der Waals surface area (Å²) in [5, 5.41) is 12.4. The fraction of sp³-hybridized carbons (Fsp3) is 0.286. The van der Waals surface area contributed by atoms with E-state index in [1.807, 2.05) is 41.6 Å². The van der Waals surface area contributed by atoms with Gasteiger partial charge in [0.15, 0.2) is 5.58 Å². The minimum absolute atomic E-state index is 0.548. The molecular formula is C28H26N8O. The molecule has 0 spiro atoms. The molecule has 3 saturated carbocycles. The number of fused-ring (bicyclic) bond motifs is 2. The van der Waals surface area contributed by atoms with Crippen LogP contribution in [0.5, 0.6) is 0 Å². The van der Waals surface area contributed by atoms with Gasteiger partial charge in [-0.15, -0.1) is 5.10 Å². The van der Waals surface area contributed by atoms with E-state index in [0.717, 1.165) is 58.4 Å². The van der Waals surface area contributed by atoms with Crippen molar-refractivity contribution in [2.45, 2.75) is 32.4 Å². The highest BCUT2D eigenvalue weighted by Crippen LogP contribution is 2.63. The summed E-state index contributed by atoms with van der Waals surface area (Å²) in [5.41, 5.74) is 8.24. The predicted octanol–water partition coefficient (Wildman–Crippen LogP) is 4.46. The van der Waals surface area contributed by atoms with Gasteiger partial charge in [0.25, 0.3) is 0 Å². The summed E-state index contributed by atoms with van der Waals surface area (Å²) >= 11 is 0. The van der Waals surface area contributed by atoms with E-state index in [4.69, 9.17) is 9.40 Å². The molecule has 0 atom stereocenters. The van der Waals surface area contributed by atoms with Crippen molar-refractivity contribution in [2.24, 2.45) is 11.3 Å². The van der Waals surface area contributed by atoms with E-state index >= 15 is 0 Å². The molecular weight excluding hydrogens is 464 g/mol. The van der Waals surface area contributed by atoms with Crippen LogP contribution in [0.3, 0.4) is 0 Å². The van der Waals surface area contributed by atoms with Crippen LogP contribution in [0.2, 0.25) is 0 Å². The van der Waals surface area contributed by atoms with Crippen LogP contribution in [0.1, 0.15) is 30.5 Å². The third-order valence-electron chi connectivity index (χ3n) is 8.02. The van der Waals surface area contributed by atoms with Crippen LogP contribution in [-0.4, -0.2) is 40.5 Å². The van der Waals surface area contributed by atoms with Crippen molar-refractivity contribution in [3.8, 4) is 16.9 Å². The lowest BCUT2D eigenvalue weighted by molar-refractivity contribution is -0.103. The van der Waals surface area contributed by atoms with Crippen molar-refractivity contribution in [1.29, 1.82) is 0 Å². The van der Waals surface area contributed by atoms with E-state index < -0.39 is 0 Å². The quantitative estimate of drug-likeness (QED) is 0.339. The first-order valence-electron chi connectivity index (χ1n) is 12.8. The van der Waals surface area contributed by atoms with Crippen molar-refractivity contribution in [2.75, 3.05) is 6.54 Å². The molecule has 6 heterocycles. The highest BCUT2D eigenvalue weighted by atomic mass is 16.3. The molecule has 184 valence electrons. The van der Waals surface area contributed by atoms with Crippen molar-refractivity contribution >= 4 is 16.7 Å². The summed E-state index contributed by atoms with van der Waals surface area (Å²) in [5.74, 6) is 1.03. The Labute approximate surface area is 212 Å². The van der Waals surface area contributed by atoms with Gasteiger partial charge in [0, 0.05) is 49.5 Å². The van der Waals surface area contributed by atoms with Crippen LogP contribution in [0.4, 0.5) is 0 Å². The smallest absolute Gasteiger partial charge is 0.152 e. The van der Waals surface area contributed by atoms with Gasteiger partial charge in [0.2, 0.25) is 0 Å². The molecule has 1 N–H and O–H groups in total. The second-order valence-electron chi connectivity index (χ2n) is 10.7. The molecule has 9 rings (SSSR count). The third-order valence-corrected chi connectivity index (χ3v) is 8.02. The van der Waals surface area contributed by atoms with E-state index in [-0.39, 0.29) is 0 Å². The van der Waals surface area contributed by atoms with Crippen LogP contribution in [-0.2, 0) is 13.1 Å². The summed E-state index contributed by atoms with van der Waals surface area (Å²) in [6.45, 7) is 2.58. The van der Waals surface area contributed by atoms with E-state index in [9.17, 15) is 0 Å². The highest BCUT2D eigenvalue weighted by molar-refractivity contribution is 5.76. The number of hydrogen-bond donors (Lipinski definition) is 1. The number of furan rings is 1. The molecule has 6 aromatic heterocycles. The number of imidazole rings is 1. The molecule has 2 bridgehead atoms. The largest absolute Gasteiger partial charge is 0.463 e. The molecule has 0 unspecified atom stereocenters. The maximum absolute atomic E-state index is 5.48. The zero-order chi connectivity index (χ0) is 24.4. The predicted molar refractivity (Wildman–Crippen MR) is 138 cm³/mol. The van der Waals surface area contributed by atoms with Crippen LogP contribution < -0.4 is 5.32 Å². The summed E-state index contributed by atoms with van der Waals surface area (Å²) in [7, 11) is 0. The lowest BCUT2D eigenvalue weighted by Crippen LogP contribution is -2.56. The lowest BCUT2D eigenvalue weighted by atomic mass is 9.44. The fourth-order valence-electron chi connectivity index (χ4n) is 6.08. The van der Waals surface area contributed by atoms with Gasteiger partial charge in [-0.1, -0.05) is 11.3 Å². The summed E-state index contributed by atoms with van der Waals surface area (Å²) < 4.78 is 11.5. The minimum Gasteiger partial charge on any atom is -0.463 e. The van der Waals surface area contributed by atoms with E-state index in [1.165, 1.54) is 24.8 Å². The third kappa shape index (κ3) is 3.57. The number of pyridine rings is 2. The number of rotatable bonds is 8. The average Bonchev–Trinajstić information content (AvgIpc) is 3.64. The minimum atomic E-state index is 0.548. The van der Waals surface area contributed by atoms with Crippen molar-refractivity contribution in [3.63, 3.8) is 0 Å². The average molecular weight is 491 g/mol. The van der Waals surface area contributed by atoms with Gasteiger partial charge in [0.05, 0.1) is 42.1 Å². The Hall–Kier alpha value is -4.24. The number of hydrogen-bond acceptors (Lipinski definition) is 6. The summed E-state index contributed by atoms with van der Waals surface area (Å²) in [4.78, 5) is 9.21. The molecule has 3 aliphatic rings. The van der Waals surface area contributed by atoms with Gasteiger partial charge in [-0.05, 0) is 54.4 Å². The first-order valence-corrected chi connectivity index (χ1v) is 12.8. The molecule has 0 aromatic carbocycles. The standard InChI is InChI=1S/C28H26N8O/c1-2-27-31-22(15-34(27)14-19(1)11-30-18-28-8-20(9-28)10-28)16-35-17-24(32-33-35)21-7-23(13-29-12-21)36-5-3-26-25(36)4-6-37-26/h1-7,12-15,17,20,30H,8-11,16,18H2. The van der Waals surface area contributed by atoms with Crippen LogP contribution >= 0.6 is 0 Å². The van der Waals surface area contributed by atoms with Gasteiger partial charge in [-0.25, -0.2) is 9.67 Å². The first kappa shape index (κ1) is 20.9. The summed E-state index contributed by atoms with van der Waals surface area (Å²) in [6.07, 6.45) is 17.8. The molecule has 3 fully saturated rings. The van der Waals surface area contributed by atoms with E-state index in [1.54, 1.807) is 6.26 Å². The summed E-state index contributed by atoms with van der Waals surface area (Å²) in [6, 6.07) is 10.2. The Morgan fingerprint density at radius 3 is 2.89 bits per heavy atom. The zero-order valence-corrected chi connectivity index (χ0v) is 20.3. The SMILES string of the molecule is c1cc2c(ccn2-c2cncc(-c3cn(Cc4cn5cc(CNCC67CC(C6)C7)ccc5n4)nn3)c2)o1. The Morgan fingerprint density at radius 1 is 1.05 bits per heavy atom.